The Labute approximate surface area is 199 Å². The molecule has 2 aliphatic rings. The molecule has 1 saturated heterocycles. The Bertz CT molecular complexity index is 1310. The van der Waals surface area contributed by atoms with Gasteiger partial charge in [0.05, 0.1) is 23.5 Å². The fraction of sp³-hybridized carbons (Fsp3) is 0.250. The van der Waals surface area contributed by atoms with Gasteiger partial charge < -0.3 is 24.1 Å². The first-order chi connectivity index (χ1) is 16.7. The monoisotopic (exact) mass is 452 g/mol. The molecule has 4 aromatic rings. The van der Waals surface area contributed by atoms with Gasteiger partial charge in [0, 0.05) is 48.6 Å². The van der Waals surface area contributed by atoms with E-state index < -0.39 is 0 Å². The molecule has 1 fully saturated rings. The second kappa shape index (κ2) is 8.13. The van der Waals surface area contributed by atoms with Crippen LogP contribution in [-0.2, 0) is 5.54 Å². The van der Waals surface area contributed by atoms with Gasteiger partial charge in [-0.1, -0.05) is 0 Å². The Morgan fingerprint density at radius 2 is 1.74 bits per heavy atom. The van der Waals surface area contributed by atoms with Crippen LogP contribution < -0.4 is 10.1 Å². The van der Waals surface area contributed by atoms with E-state index in [9.17, 15) is 4.79 Å². The summed E-state index contributed by atoms with van der Waals surface area (Å²) >= 11 is 0. The van der Waals surface area contributed by atoms with E-state index in [2.05, 4.69) is 63.4 Å². The lowest BCUT2D eigenvalue weighted by Crippen LogP contribution is -2.51. The molecular formula is C28H28N4O2. The molecule has 172 valence electrons. The average Bonchev–Trinajstić information content (AvgIpc) is 3.58. The number of nitrogens with one attached hydrogen (secondary N) is 1. The van der Waals surface area contributed by atoms with Crippen molar-refractivity contribution in [2.24, 2.45) is 0 Å². The molecule has 6 rings (SSSR count). The Hall–Kier alpha value is -3.93. The molecule has 6 nitrogen and oxygen atoms in total. The Kier molecular flexibility index (Phi) is 4.94. The average molecular weight is 453 g/mol. The number of anilines is 1. The van der Waals surface area contributed by atoms with Gasteiger partial charge in [0.2, 0.25) is 0 Å². The third-order valence-electron chi connectivity index (χ3n) is 7.07. The molecule has 0 bridgehead atoms. The molecule has 4 heterocycles. The summed E-state index contributed by atoms with van der Waals surface area (Å²) in [6.07, 6.45) is 7.97. The van der Waals surface area contributed by atoms with Gasteiger partial charge in [0.25, 0.3) is 5.91 Å². The minimum atomic E-state index is -0.193. The van der Waals surface area contributed by atoms with Crippen LogP contribution in [-0.4, -0.2) is 39.6 Å². The van der Waals surface area contributed by atoms with Crippen LogP contribution in [0.5, 0.6) is 5.75 Å². The zero-order valence-electron chi connectivity index (χ0n) is 19.3. The zero-order chi connectivity index (χ0) is 23.1. The first-order valence-corrected chi connectivity index (χ1v) is 11.9. The van der Waals surface area contributed by atoms with Gasteiger partial charge in [-0.05, 0) is 86.5 Å². The van der Waals surface area contributed by atoms with Crippen LogP contribution in [0.2, 0.25) is 0 Å². The summed E-state index contributed by atoms with van der Waals surface area (Å²) in [6.45, 7) is 3.98. The number of nitrogens with zero attached hydrogens (tertiary/aromatic N) is 3. The van der Waals surface area contributed by atoms with Gasteiger partial charge in [-0.2, -0.15) is 0 Å². The van der Waals surface area contributed by atoms with Crippen molar-refractivity contribution >= 4 is 11.6 Å². The largest absolute Gasteiger partial charge is 0.494 e. The highest BCUT2D eigenvalue weighted by Gasteiger charge is 2.42. The predicted molar refractivity (Wildman–Crippen MR) is 133 cm³/mol. The summed E-state index contributed by atoms with van der Waals surface area (Å²) in [4.78, 5) is 15.1. The SMILES string of the molecule is CCOc1ccc(C(=O)N2CCC3(CC2)Nc2cc(-n4cccc4)ccc2-n2cccc23)cc1. The number of piperidine rings is 1. The number of rotatable bonds is 4. The molecule has 0 radical (unpaired) electrons. The number of ether oxygens (including phenoxy) is 1. The van der Waals surface area contributed by atoms with Crippen molar-refractivity contribution in [3.63, 3.8) is 0 Å². The number of hydrogen-bond acceptors (Lipinski definition) is 3. The minimum absolute atomic E-state index is 0.0828. The Morgan fingerprint density at radius 3 is 2.47 bits per heavy atom. The van der Waals surface area contributed by atoms with Crippen LogP contribution in [0, 0.1) is 0 Å². The van der Waals surface area contributed by atoms with Crippen molar-refractivity contribution in [1.29, 1.82) is 0 Å². The molecule has 0 aliphatic carbocycles. The molecule has 2 aromatic carbocycles. The van der Waals surface area contributed by atoms with Crippen molar-refractivity contribution in [2.75, 3.05) is 25.0 Å². The summed E-state index contributed by atoms with van der Waals surface area (Å²) in [5.74, 6) is 0.876. The van der Waals surface area contributed by atoms with Crippen LogP contribution >= 0.6 is 0 Å². The maximum atomic E-state index is 13.2. The fourth-order valence-corrected chi connectivity index (χ4v) is 5.32. The lowest BCUT2D eigenvalue weighted by atomic mass is 9.82. The van der Waals surface area contributed by atoms with E-state index >= 15 is 0 Å². The van der Waals surface area contributed by atoms with Crippen LogP contribution in [0.1, 0.15) is 35.8 Å². The summed E-state index contributed by atoms with van der Waals surface area (Å²) in [5, 5.41) is 3.89. The van der Waals surface area contributed by atoms with Crippen LogP contribution in [0.3, 0.4) is 0 Å². The normalized spacial score (nSPS) is 16.0. The number of carbonyl (C=O) groups excluding carboxylic acids is 1. The molecular weight excluding hydrogens is 424 g/mol. The Balaban J connectivity index is 1.25. The smallest absolute Gasteiger partial charge is 0.253 e. The highest BCUT2D eigenvalue weighted by molar-refractivity contribution is 5.94. The van der Waals surface area contributed by atoms with Crippen molar-refractivity contribution in [2.45, 2.75) is 25.3 Å². The third-order valence-corrected chi connectivity index (χ3v) is 7.07. The zero-order valence-corrected chi connectivity index (χ0v) is 19.3. The number of carbonyl (C=O) groups is 1. The van der Waals surface area contributed by atoms with Crippen molar-refractivity contribution in [1.82, 2.24) is 14.0 Å². The molecule has 1 N–H and O–H groups in total. The van der Waals surface area contributed by atoms with Crippen LogP contribution in [0.25, 0.3) is 11.4 Å². The van der Waals surface area contributed by atoms with E-state index in [4.69, 9.17) is 4.74 Å². The van der Waals surface area contributed by atoms with E-state index in [0.29, 0.717) is 25.3 Å². The molecule has 1 amide bonds. The van der Waals surface area contributed by atoms with E-state index in [-0.39, 0.29) is 11.4 Å². The van der Waals surface area contributed by atoms with Gasteiger partial charge in [-0.3, -0.25) is 4.79 Å². The summed E-state index contributed by atoms with van der Waals surface area (Å²) in [6, 6.07) is 22.4. The lowest BCUT2D eigenvalue weighted by Gasteiger charge is -2.46. The van der Waals surface area contributed by atoms with Crippen molar-refractivity contribution < 1.29 is 9.53 Å². The van der Waals surface area contributed by atoms with Crippen LogP contribution in [0.4, 0.5) is 5.69 Å². The fourth-order valence-electron chi connectivity index (χ4n) is 5.32. The van der Waals surface area contributed by atoms with E-state index in [1.807, 2.05) is 48.2 Å². The number of hydrogen-bond donors (Lipinski definition) is 1. The van der Waals surface area contributed by atoms with Gasteiger partial charge >= 0.3 is 0 Å². The van der Waals surface area contributed by atoms with Crippen molar-refractivity contribution in [3.8, 4) is 17.1 Å². The van der Waals surface area contributed by atoms with Gasteiger partial charge in [0.15, 0.2) is 0 Å². The molecule has 2 aromatic heterocycles. The summed E-state index contributed by atoms with van der Waals surface area (Å²) < 4.78 is 9.93. The van der Waals surface area contributed by atoms with Gasteiger partial charge in [0.1, 0.15) is 5.75 Å². The summed E-state index contributed by atoms with van der Waals surface area (Å²) in [5.41, 5.74) is 5.20. The first-order valence-electron chi connectivity index (χ1n) is 11.9. The number of aromatic nitrogens is 2. The maximum Gasteiger partial charge on any atom is 0.253 e. The quantitative estimate of drug-likeness (QED) is 0.462. The molecule has 0 atom stereocenters. The second-order valence-electron chi connectivity index (χ2n) is 9.01. The van der Waals surface area contributed by atoms with Gasteiger partial charge in [-0.25, -0.2) is 0 Å². The van der Waals surface area contributed by atoms with E-state index in [1.54, 1.807) is 0 Å². The molecule has 2 aliphatic heterocycles. The molecule has 0 unspecified atom stereocenters. The van der Waals surface area contributed by atoms with E-state index in [1.165, 1.54) is 5.69 Å². The van der Waals surface area contributed by atoms with Gasteiger partial charge in [-0.15, -0.1) is 0 Å². The second-order valence-corrected chi connectivity index (χ2v) is 9.01. The number of likely N-dealkylation sites (tertiary alicyclic amines) is 1. The highest BCUT2D eigenvalue weighted by Crippen LogP contribution is 2.44. The van der Waals surface area contributed by atoms with E-state index in [0.717, 1.165) is 35.7 Å². The molecule has 34 heavy (non-hydrogen) atoms. The minimum Gasteiger partial charge on any atom is -0.494 e. The number of benzene rings is 2. The standard InChI is InChI=1S/C28H28N4O2/c1-2-34-23-10-7-21(8-11-23)27(33)31-18-13-28(14-19-31)26-6-5-17-32(26)25-12-9-22(20-24(25)29-28)30-15-3-4-16-30/h3-12,15-17,20,29H,2,13-14,18-19H2,1H3. The first kappa shape index (κ1) is 20.7. The number of amides is 1. The lowest BCUT2D eigenvalue weighted by molar-refractivity contribution is 0.0676. The topological polar surface area (TPSA) is 51.4 Å². The molecule has 6 heteroatoms. The Morgan fingerprint density at radius 1 is 0.971 bits per heavy atom. The predicted octanol–water partition coefficient (Wildman–Crippen LogP) is 5.22. The molecule has 1 spiro atoms. The van der Waals surface area contributed by atoms with Crippen molar-refractivity contribution in [3.05, 3.63) is 96.6 Å². The van der Waals surface area contributed by atoms with Crippen LogP contribution in [0.15, 0.2) is 85.3 Å². The maximum absolute atomic E-state index is 13.2. The molecule has 0 saturated carbocycles. The highest BCUT2D eigenvalue weighted by atomic mass is 16.5. The third kappa shape index (κ3) is 3.37. The summed E-state index contributed by atoms with van der Waals surface area (Å²) in [7, 11) is 0. The number of fused-ring (bicyclic) bond motifs is 4.